The van der Waals surface area contributed by atoms with Crippen molar-refractivity contribution < 1.29 is 27.5 Å². The fourth-order valence-corrected chi connectivity index (χ4v) is 5.32. The maximum Gasteiger partial charge on any atom is 0.311 e. The molecule has 2 aliphatic heterocycles. The molecule has 2 saturated heterocycles. The van der Waals surface area contributed by atoms with Gasteiger partial charge in [-0.3, -0.25) is 9.59 Å². The summed E-state index contributed by atoms with van der Waals surface area (Å²) in [6.07, 6.45) is 2.72. The molecule has 1 atom stereocenters. The van der Waals surface area contributed by atoms with Crippen LogP contribution in [0.15, 0.2) is 15.4 Å². The van der Waals surface area contributed by atoms with E-state index in [1.54, 1.807) is 6.92 Å². The van der Waals surface area contributed by atoms with Crippen LogP contribution in [-0.4, -0.2) is 60.8 Å². The number of nitrogens with zero attached hydrogens (tertiary/aromatic N) is 2. The van der Waals surface area contributed by atoms with Gasteiger partial charge in [0.2, 0.25) is 10.0 Å². The Kier molecular flexibility index (Phi) is 4.87. The van der Waals surface area contributed by atoms with Gasteiger partial charge in [0.1, 0.15) is 10.7 Å². The van der Waals surface area contributed by atoms with E-state index in [-0.39, 0.29) is 23.0 Å². The number of carbonyl (C=O) groups excluding carboxylic acids is 1. The minimum atomic E-state index is -3.67. The Bertz CT molecular complexity index is 824. The van der Waals surface area contributed by atoms with Crippen LogP contribution in [0.25, 0.3) is 0 Å². The number of hydrogen-bond acceptors (Lipinski definition) is 5. The molecule has 9 heteroatoms. The number of hydrogen-bond donors (Lipinski definition) is 1. The van der Waals surface area contributed by atoms with Gasteiger partial charge in [-0.15, -0.1) is 0 Å². The summed E-state index contributed by atoms with van der Waals surface area (Å²) in [6.45, 7) is 4.59. The maximum atomic E-state index is 12.8. The van der Waals surface area contributed by atoms with Crippen LogP contribution in [0.3, 0.4) is 0 Å². The molecule has 3 rings (SSSR count). The Labute approximate surface area is 152 Å². The molecule has 0 radical (unpaired) electrons. The fraction of sp³-hybridized carbons (Fsp3) is 0.647. The molecule has 2 fully saturated rings. The lowest BCUT2D eigenvalue weighted by atomic mass is 9.82. The average molecular weight is 384 g/mol. The second-order valence-electron chi connectivity index (χ2n) is 7.34. The van der Waals surface area contributed by atoms with Crippen molar-refractivity contribution >= 4 is 21.9 Å². The van der Waals surface area contributed by atoms with Crippen LogP contribution in [0.2, 0.25) is 0 Å². The predicted molar refractivity (Wildman–Crippen MR) is 92.3 cm³/mol. The Morgan fingerprint density at radius 1 is 1.19 bits per heavy atom. The maximum absolute atomic E-state index is 12.8. The molecule has 3 heterocycles. The van der Waals surface area contributed by atoms with Gasteiger partial charge in [-0.25, -0.2) is 8.42 Å². The van der Waals surface area contributed by atoms with Gasteiger partial charge in [-0.05, 0) is 39.5 Å². The molecule has 144 valence electrons. The minimum absolute atomic E-state index is 0.0146. The van der Waals surface area contributed by atoms with Gasteiger partial charge in [0, 0.05) is 32.2 Å². The van der Waals surface area contributed by atoms with Crippen molar-refractivity contribution in [2.75, 3.05) is 26.2 Å². The van der Waals surface area contributed by atoms with Gasteiger partial charge in [0.15, 0.2) is 5.76 Å². The van der Waals surface area contributed by atoms with Crippen molar-refractivity contribution in [2.24, 2.45) is 5.41 Å². The van der Waals surface area contributed by atoms with E-state index in [1.807, 2.05) is 0 Å². The molecular formula is C17H24N2O6S. The van der Waals surface area contributed by atoms with Gasteiger partial charge in [0.25, 0.3) is 5.91 Å². The number of rotatable bonds is 4. The first-order valence-corrected chi connectivity index (χ1v) is 10.2. The number of carbonyl (C=O) groups is 2. The first-order valence-electron chi connectivity index (χ1n) is 8.78. The normalized spacial score (nSPS) is 24.8. The highest BCUT2D eigenvalue weighted by Gasteiger charge is 2.40. The Morgan fingerprint density at radius 3 is 2.46 bits per heavy atom. The lowest BCUT2D eigenvalue weighted by Gasteiger charge is -2.37. The van der Waals surface area contributed by atoms with E-state index in [1.165, 1.54) is 22.2 Å². The lowest BCUT2D eigenvalue weighted by Crippen LogP contribution is -2.48. The lowest BCUT2D eigenvalue weighted by molar-refractivity contribution is -0.150. The van der Waals surface area contributed by atoms with Gasteiger partial charge < -0.3 is 14.4 Å². The third kappa shape index (κ3) is 3.25. The van der Waals surface area contributed by atoms with Crippen molar-refractivity contribution in [3.63, 3.8) is 0 Å². The molecule has 0 saturated carbocycles. The number of aliphatic carboxylic acids is 1. The van der Waals surface area contributed by atoms with E-state index in [9.17, 15) is 23.1 Å². The summed E-state index contributed by atoms with van der Waals surface area (Å²) in [6, 6.07) is 1.28. The monoisotopic (exact) mass is 384 g/mol. The van der Waals surface area contributed by atoms with E-state index in [4.69, 9.17) is 4.42 Å². The molecule has 8 nitrogen and oxygen atoms in total. The van der Waals surface area contributed by atoms with Crippen LogP contribution < -0.4 is 0 Å². The molecule has 26 heavy (non-hydrogen) atoms. The predicted octanol–water partition coefficient (Wildman–Crippen LogP) is 1.70. The summed E-state index contributed by atoms with van der Waals surface area (Å²) >= 11 is 0. The highest BCUT2D eigenvalue weighted by molar-refractivity contribution is 7.89. The standard InChI is InChI=1S/C17H24N2O6S/c1-12-14(26(23,24)19-8-3-4-9-19)10-13(25-12)15(20)18-7-5-6-17(2,11-18)16(21)22/h10H,3-9,11H2,1-2H3,(H,21,22). The number of amides is 1. The van der Waals surface area contributed by atoms with Gasteiger partial charge in [-0.1, -0.05) is 0 Å². The van der Waals surface area contributed by atoms with Gasteiger partial charge in [-0.2, -0.15) is 4.31 Å². The summed E-state index contributed by atoms with van der Waals surface area (Å²) in [5.41, 5.74) is -1.000. The summed E-state index contributed by atoms with van der Waals surface area (Å²) in [5.74, 6) is -1.29. The zero-order valence-corrected chi connectivity index (χ0v) is 15.8. The third-order valence-electron chi connectivity index (χ3n) is 5.27. The molecule has 2 aliphatic rings. The van der Waals surface area contributed by atoms with Crippen LogP contribution in [0.5, 0.6) is 0 Å². The quantitative estimate of drug-likeness (QED) is 0.846. The van der Waals surface area contributed by atoms with Crippen molar-refractivity contribution in [2.45, 2.75) is 44.4 Å². The van der Waals surface area contributed by atoms with Crippen molar-refractivity contribution in [3.05, 3.63) is 17.6 Å². The Hall–Kier alpha value is -1.87. The van der Waals surface area contributed by atoms with Crippen LogP contribution in [0, 0.1) is 12.3 Å². The molecular weight excluding hydrogens is 360 g/mol. The molecule has 1 N–H and O–H groups in total. The number of carboxylic acids is 1. The summed E-state index contributed by atoms with van der Waals surface area (Å²) in [5, 5.41) is 9.40. The van der Waals surface area contributed by atoms with Crippen LogP contribution in [0.1, 0.15) is 48.9 Å². The topological polar surface area (TPSA) is 108 Å². The molecule has 1 aromatic heterocycles. The second kappa shape index (κ2) is 6.70. The highest BCUT2D eigenvalue weighted by Crippen LogP contribution is 2.32. The highest BCUT2D eigenvalue weighted by atomic mass is 32.2. The summed E-state index contributed by atoms with van der Waals surface area (Å²) in [7, 11) is -3.67. The molecule has 0 spiro atoms. The van der Waals surface area contributed by atoms with Crippen LogP contribution in [-0.2, 0) is 14.8 Å². The molecule has 1 unspecified atom stereocenters. The molecule has 1 amide bonds. The van der Waals surface area contributed by atoms with E-state index in [0.717, 1.165) is 12.8 Å². The van der Waals surface area contributed by atoms with Crippen LogP contribution in [0.4, 0.5) is 0 Å². The molecule has 0 aliphatic carbocycles. The SMILES string of the molecule is Cc1oc(C(=O)N2CCCC(C)(C(=O)O)C2)cc1S(=O)(=O)N1CCCC1. The van der Waals surface area contributed by atoms with E-state index >= 15 is 0 Å². The molecule has 0 bridgehead atoms. The zero-order chi connectivity index (χ0) is 19.1. The van der Waals surface area contributed by atoms with E-state index in [0.29, 0.717) is 32.5 Å². The summed E-state index contributed by atoms with van der Waals surface area (Å²) < 4.78 is 32.3. The van der Waals surface area contributed by atoms with Crippen LogP contribution >= 0.6 is 0 Å². The number of aryl methyl sites for hydroxylation is 1. The number of likely N-dealkylation sites (tertiary alicyclic amines) is 1. The minimum Gasteiger partial charge on any atom is -0.481 e. The molecule has 0 aromatic carbocycles. The Balaban J connectivity index is 1.84. The zero-order valence-electron chi connectivity index (χ0n) is 15.0. The van der Waals surface area contributed by atoms with Gasteiger partial charge >= 0.3 is 5.97 Å². The number of carboxylic acid groups (broad SMARTS) is 1. The van der Waals surface area contributed by atoms with Crippen molar-refractivity contribution in [3.8, 4) is 0 Å². The largest absolute Gasteiger partial charge is 0.481 e. The number of furan rings is 1. The van der Waals surface area contributed by atoms with Gasteiger partial charge in [0.05, 0.1) is 5.41 Å². The first kappa shape index (κ1) is 18.9. The number of sulfonamides is 1. The van der Waals surface area contributed by atoms with E-state index < -0.39 is 27.3 Å². The molecule has 1 aromatic rings. The van der Waals surface area contributed by atoms with E-state index in [2.05, 4.69) is 0 Å². The first-order chi connectivity index (χ1) is 12.1. The van der Waals surface area contributed by atoms with Crippen molar-refractivity contribution in [1.29, 1.82) is 0 Å². The fourth-order valence-electron chi connectivity index (χ4n) is 3.64. The number of piperidine rings is 1. The third-order valence-corrected chi connectivity index (χ3v) is 7.27. The van der Waals surface area contributed by atoms with Crippen molar-refractivity contribution in [1.82, 2.24) is 9.21 Å². The average Bonchev–Trinajstić information content (AvgIpc) is 3.24. The Morgan fingerprint density at radius 2 is 1.85 bits per heavy atom. The summed E-state index contributed by atoms with van der Waals surface area (Å²) in [4.78, 5) is 25.7. The smallest absolute Gasteiger partial charge is 0.311 e. The second-order valence-corrected chi connectivity index (χ2v) is 9.24.